The normalized spacial score (nSPS) is 24.5. The van der Waals surface area contributed by atoms with Gasteiger partial charge < -0.3 is 54.1 Å². The highest BCUT2D eigenvalue weighted by atomic mass is 19.1. The number of fused-ring (bicyclic) bond motifs is 6. The van der Waals surface area contributed by atoms with Crippen LogP contribution in [-0.2, 0) is 26.7 Å². The summed E-state index contributed by atoms with van der Waals surface area (Å²) in [6.07, 6.45) is 7.05. The largest absolute Gasteiger partial charge is 0.494 e. The molecule has 2 bridgehead atoms. The summed E-state index contributed by atoms with van der Waals surface area (Å²) in [5, 5.41) is 12.4. The molecule has 8 aromatic rings. The van der Waals surface area contributed by atoms with Gasteiger partial charge in [-0.2, -0.15) is 0 Å². The lowest BCUT2D eigenvalue weighted by atomic mass is 9.72. The van der Waals surface area contributed by atoms with E-state index < -0.39 is 12.3 Å². The summed E-state index contributed by atoms with van der Waals surface area (Å²) >= 11 is 0. The number of carbonyl (C=O) groups excluding carboxylic acids is 2. The number of nitrogens with two attached hydrogens (primary N) is 2. The Morgan fingerprint density at radius 1 is 0.781 bits per heavy atom. The van der Waals surface area contributed by atoms with Gasteiger partial charge in [-0.1, -0.05) is 6.92 Å². The van der Waals surface area contributed by atoms with E-state index in [-0.39, 0.29) is 48.4 Å². The van der Waals surface area contributed by atoms with Crippen molar-refractivity contribution in [3.8, 4) is 34.5 Å². The lowest BCUT2D eigenvalue weighted by Gasteiger charge is -2.41. The third kappa shape index (κ3) is 8.08. The number of alkyl halides is 1. The lowest BCUT2D eigenvalue weighted by Crippen LogP contribution is -2.42. The zero-order valence-electron chi connectivity index (χ0n) is 42.6. The van der Waals surface area contributed by atoms with Crippen LogP contribution in [0.25, 0.3) is 67.2 Å². The number of aliphatic hydroxyl groups is 1. The van der Waals surface area contributed by atoms with Crippen molar-refractivity contribution in [2.75, 3.05) is 34.0 Å². The molecule has 0 spiro atoms. The van der Waals surface area contributed by atoms with Gasteiger partial charge in [-0.15, -0.1) is 0 Å². The van der Waals surface area contributed by atoms with Gasteiger partial charge in [0.1, 0.15) is 40.5 Å². The monoisotopic (exact) mass is 993 g/mol. The molecule has 2 aliphatic heterocycles. The average molecular weight is 993 g/mol. The van der Waals surface area contributed by atoms with Crippen molar-refractivity contribution in [2.24, 2.45) is 36.3 Å². The summed E-state index contributed by atoms with van der Waals surface area (Å²) in [6.45, 7) is 10.5. The highest BCUT2D eigenvalue weighted by Crippen LogP contribution is 2.43. The quantitative estimate of drug-likeness (QED) is 0.119. The topological polar surface area (TPSA) is 203 Å². The molecule has 382 valence electrons. The SMILES string of the molecule is CCn1c(-c2nc3cc(C(=O)N4C[C@H]5CC[C@@H]4[C@@H]5N)cc(OC)c3n2CC2CC(C)(O)C2)cc2cccnc21.COc1cc(C(=O)N2C[C@H](C)[C@H](N)[C@@H]2C)cc2nc(-c3cc4cccnc4n3CCF)n(C)c12. The molecule has 0 unspecified atom stereocenters. The van der Waals surface area contributed by atoms with Gasteiger partial charge in [-0.25, -0.2) is 24.3 Å². The van der Waals surface area contributed by atoms with E-state index in [0.29, 0.717) is 64.5 Å². The predicted molar refractivity (Wildman–Crippen MR) is 279 cm³/mol. The van der Waals surface area contributed by atoms with Crippen LogP contribution in [0.3, 0.4) is 0 Å². The molecule has 6 aromatic heterocycles. The molecule has 2 saturated heterocycles. The second-order valence-electron chi connectivity index (χ2n) is 21.1. The molecule has 2 saturated carbocycles. The number of halogens is 1. The molecule has 2 amide bonds. The van der Waals surface area contributed by atoms with Crippen molar-refractivity contribution in [1.29, 1.82) is 0 Å². The molecule has 2 aliphatic carbocycles. The Labute approximate surface area is 422 Å². The molecule has 17 nitrogen and oxygen atoms in total. The Morgan fingerprint density at radius 2 is 1.37 bits per heavy atom. The average Bonchev–Trinajstić information content (AvgIpc) is 4.27. The number of aryl methyl sites for hydroxylation is 3. The fourth-order valence-corrected chi connectivity index (χ4v) is 12.6. The summed E-state index contributed by atoms with van der Waals surface area (Å²) in [5.41, 5.74) is 19.5. The van der Waals surface area contributed by atoms with Gasteiger partial charge in [0.25, 0.3) is 11.8 Å². The van der Waals surface area contributed by atoms with Gasteiger partial charge in [-0.3, -0.25) is 9.59 Å². The highest BCUT2D eigenvalue weighted by Gasteiger charge is 2.47. The fourth-order valence-electron chi connectivity index (χ4n) is 12.6. The van der Waals surface area contributed by atoms with Gasteiger partial charge in [0, 0.05) is 91.7 Å². The van der Waals surface area contributed by atoms with E-state index >= 15 is 0 Å². The Morgan fingerprint density at radius 3 is 1.92 bits per heavy atom. The highest BCUT2D eigenvalue weighted by molar-refractivity contribution is 6.02. The van der Waals surface area contributed by atoms with Crippen molar-refractivity contribution >= 4 is 55.9 Å². The number of piperidine rings is 1. The minimum absolute atomic E-state index is 0.00383. The van der Waals surface area contributed by atoms with Crippen molar-refractivity contribution < 1.29 is 28.6 Å². The third-order valence-corrected chi connectivity index (χ3v) is 16.3. The first-order valence-corrected chi connectivity index (χ1v) is 25.6. The molecule has 73 heavy (non-hydrogen) atoms. The molecule has 2 aromatic carbocycles. The molecule has 8 heterocycles. The molecule has 12 rings (SSSR count). The van der Waals surface area contributed by atoms with Gasteiger partial charge in [0.05, 0.1) is 48.8 Å². The zero-order chi connectivity index (χ0) is 51.2. The number of methoxy groups -OCH3 is 2. The van der Waals surface area contributed by atoms with Crippen LogP contribution in [0.2, 0.25) is 0 Å². The Kier molecular flexibility index (Phi) is 12.3. The summed E-state index contributed by atoms with van der Waals surface area (Å²) < 4.78 is 33.2. The van der Waals surface area contributed by atoms with Crippen LogP contribution in [0.4, 0.5) is 4.39 Å². The molecule has 0 radical (unpaired) electrons. The summed E-state index contributed by atoms with van der Waals surface area (Å²) in [5.74, 6) is 3.50. The summed E-state index contributed by atoms with van der Waals surface area (Å²) in [4.78, 5) is 50.0. The number of rotatable bonds is 11. The first-order chi connectivity index (χ1) is 35.1. The predicted octanol–water partition coefficient (Wildman–Crippen LogP) is 7.18. The van der Waals surface area contributed by atoms with Crippen molar-refractivity contribution in [3.63, 3.8) is 0 Å². The van der Waals surface area contributed by atoms with Crippen LogP contribution in [0, 0.1) is 17.8 Å². The number of benzene rings is 2. The number of carbonyl (C=O) groups is 2. The Balaban J connectivity index is 0.000000159. The van der Waals surface area contributed by atoms with Crippen molar-refractivity contribution in [2.45, 2.75) is 103 Å². The van der Waals surface area contributed by atoms with Gasteiger partial charge >= 0.3 is 0 Å². The van der Waals surface area contributed by atoms with E-state index in [1.54, 1.807) is 32.5 Å². The standard InChI is InChI=1S/C30H36N6O3.C25H29FN6O2/c1-4-34-23(11-18-6-5-9-32-27(18)34)28-33-21-10-20(29(37)35-16-19-7-8-22(35)25(19)31)12-24(39-3)26(21)36(28)15-17-13-30(2,38)14-17;1-14-13-32(15(2)21(14)27)25(33)17-10-18-22(20(12-17)34-4)30(3)24(29-18)19-11-16-6-5-8-28-23(16)31(19)9-7-26/h5-6,9-12,17,19,22,25,38H,4,7-8,13-16,31H2,1-3H3;5-6,8,10-12,14-15,21H,7,9,13,27H2,1-4H3/t17?,19-,22-,25-,30?;14-,15-,21-/m10/s1. The van der Waals surface area contributed by atoms with Crippen LogP contribution in [0.5, 0.6) is 11.5 Å². The number of pyridine rings is 2. The molecule has 5 N–H and O–H groups in total. The molecule has 4 aliphatic rings. The van der Waals surface area contributed by atoms with E-state index in [1.165, 1.54) is 0 Å². The smallest absolute Gasteiger partial charge is 0.254 e. The van der Waals surface area contributed by atoms with E-state index in [4.69, 9.17) is 30.9 Å². The Hall–Kier alpha value is -6.89. The maximum absolute atomic E-state index is 13.7. The van der Waals surface area contributed by atoms with E-state index in [1.807, 2.05) is 82.4 Å². The van der Waals surface area contributed by atoms with Gasteiger partial charge in [0.2, 0.25) is 0 Å². The first-order valence-electron chi connectivity index (χ1n) is 25.6. The van der Waals surface area contributed by atoms with Gasteiger partial charge in [0.15, 0.2) is 11.6 Å². The van der Waals surface area contributed by atoms with Crippen LogP contribution in [-0.4, -0.2) is 129 Å². The summed E-state index contributed by atoms with van der Waals surface area (Å²) in [7, 11) is 5.12. The number of nitrogens with zero attached hydrogens (tertiary/aromatic N) is 10. The molecule has 4 fully saturated rings. The van der Waals surface area contributed by atoms with E-state index in [2.05, 4.69) is 45.1 Å². The third-order valence-electron chi connectivity index (χ3n) is 16.3. The van der Waals surface area contributed by atoms with Crippen molar-refractivity contribution in [3.05, 3.63) is 84.2 Å². The number of likely N-dealkylation sites (tertiary alicyclic amines) is 2. The number of ether oxygens (including phenoxy) is 2. The number of imidazole rings is 2. The first kappa shape index (κ1) is 48.4. The molecular formula is C55H65FN12O5. The minimum atomic E-state index is -0.622. The number of aromatic nitrogens is 8. The number of hydrogen-bond donors (Lipinski definition) is 3. The van der Waals surface area contributed by atoms with E-state index in [0.717, 1.165) is 89.0 Å². The molecule has 6 atom stereocenters. The van der Waals surface area contributed by atoms with Crippen LogP contribution >= 0.6 is 0 Å². The fraction of sp³-hybridized carbons (Fsp3) is 0.455. The number of amides is 2. The van der Waals surface area contributed by atoms with Crippen LogP contribution in [0.1, 0.15) is 74.1 Å². The molecular weight excluding hydrogens is 928 g/mol. The Bertz CT molecular complexity index is 3440. The lowest BCUT2D eigenvalue weighted by molar-refractivity contribution is -0.0613. The maximum atomic E-state index is 13.7. The van der Waals surface area contributed by atoms with Crippen LogP contribution in [0.15, 0.2) is 73.1 Å². The second-order valence-corrected chi connectivity index (χ2v) is 21.1. The van der Waals surface area contributed by atoms with E-state index in [9.17, 15) is 19.1 Å². The zero-order valence-corrected chi connectivity index (χ0v) is 42.6. The molecule has 18 heteroatoms. The second kappa shape index (κ2) is 18.5. The summed E-state index contributed by atoms with van der Waals surface area (Å²) in [6, 6.07) is 19.3. The number of hydrogen-bond acceptors (Lipinski definition) is 11. The van der Waals surface area contributed by atoms with Gasteiger partial charge in [-0.05, 0) is 125 Å². The minimum Gasteiger partial charge on any atom is -0.494 e. The van der Waals surface area contributed by atoms with Crippen molar-refractivity contribution in [1.82, 2.24) is 48.0 Å². The van der Waals surface area contributed by atoms with Crippen LogP contribution < -0.4 is 20.9 Å². The maximum Gasteiger partial charge on any atom is 0.254 e.